The summed E-state index contributed by atoms with van der Waals surface area (Å²) in [7, 11) is -2.35. The number of ether oxygens (including phenoxy) is 1. The molecule has 0 fully saturated rings. The van der Waals surface area contributed by atoms with Crippen LogP contribution in [0.25, 0.3) is 0 Å². The van der Waals surface area contributed by atoms with Crippen LogP contribution >= 0.6 is 11.6 Å². The summed E-state index contributed by atoms with van der Waals surface area (Å²) >= 11 is 5.76. The van der Waals surface area contributed by atoms with E-state index in [0.29, 0.717) is 10.8 Å². The molecule has 0 heterocycles. The largest absolute Gasteiger partial charge is 0.495 e. The van der Waals surface area contributed by atoms with Gasteiger partial charge in [-0.1, -0.05) is 11.6 Å². The third-order valence-electron chi connectivity index (χ3n) is 2.06. The zero-order valence-electron chi connectivity index (χ0n) is 9.27. The molecule has 0 aliphatic rings. The first-order chi connectivity index (χ1) is 7.90. The molecule has 0 bridgehead atoms. The molecule has 0 aliphatic carbocycles. The highest BCUT2D eigenvalue weighted by Crippen LogP contribution is 2.28. The Labute approximate surface area is 105 Å². The normalized spacial score (nSPS) is 12.6. The molecule has 1 aromatic rings. The van der Waals surface area contributed by atoms with Crippen molar-refractivity contribution in [1.29, 1.82) is 5.26 Å². The SMILES string of the molecule is COc1ccc(Cl)cc1NS(=O)(=O)C(C)C#N. The lowest BCUT2D eigenvalue weighted by Crippen LogP contribution is -2.24. The van der Waals surface area contributed by atoms with Gasteiger partial charge in [-0.15, -0.1) is 0 Å². The number of benzene rings is 1. The minimum atomic E-state index is -3.76. The monoisotopic (exact) mass is 274 g/mol. The van der Waals surface area contributed by atoms with Crippen molar-refractivity contribution in [1.82, 2.24) is 0 Å². The Morgan fingerprint density at radius 2 is 2.18 bits per heavy atom. The number of methoxy groups -OCH3 is 1. The number of sulfonamides is 1. The lowest BCUT2D eigenvalue weighted by Gasteiger charge is -2.12. The first kappa shape index (κ1) is 13.6. The fourth-order valence-corrected chi connectivity index (χ4v) is 2.02. The van der Waals surface area contributed by atoms with Crippen molar-refractivity contribution in [3.8, 4) is 11.8 Å². The van der Waals surface area contributed by atoms with Crippen LogP contribution in [0.3, 0.4) is 0 Å². The number of nitrogens with zero attached hydrogens (tertiary/aromatic N) is 1. The van der Waals surface area contributed by atoms with Crippen molar-refractivity contribution in [2.75, 3.05) is 11.8 Å². The predicted molar refractivity (Wildman–Crippen MR) is 65.6 cm³/mol. The molecule has 17 heavy (non-hydrogen) atoms. The molecule has 5 nitrogen and oxygen atoms in total. The molecule has 1 aromatic carbocycles. The summed E-state index contributed by atoms with van der Waals surface area (Å²) in [6.45, 7) is 1.29. The molecular weight excluding hydrogens is 264 g/mol. The van der Waals surface area contributed by atoms with Crippen LogP contribution in [0.15, 0.2) is 18.2 Å². The fourth-order valence-electron chi connectivity index (χ4n) is 1.07. The van der Waals surface area contributed by atoms with Gasteiger partial charge in [0.15, 0.2) is 5.25 Å². The second-order valence-corrected chi connectivity index (χ2v) is 5.70. The molecule has 0 saturated carbocycles. The van der Waals surface area contributed by atoms with Gasteiger partial charge in [-0.05, 0) is 25.1 Å². The van der Waals surface area contributed by atoms with Gasteiger partial charge in [0.2, 0.25) is 10.0 Å². The van der Waals surface area contributed by atoms with E-state index in [1.54, 1.807) is 12.1 Å². The highest BCUT2D eigenvalue weighted by molar-refractivity contribution is 7.93. The van der Waals surface area contributed by atoms with Gasteiger partial charge in [0, 0.05) is 5.02 Å². The molecule has 0 radical (unpaired) electrons. The number of halogens is 1. The summed E-state index contributed by atoms with van der Waals surface area (Å²) in [4.78, 5) is 0. The van der Waals surface area contributed by atoms with Crippen molar-refractivity contribution < 1.29 is 13.2 Å². The molecule has 92 valence electrons. The van der Waals surface area contributed by atoms with Gasteiger partial charge < -0.3 is 4.74 Å². The maximum Gasteiger partial charge on any atom is 0.248 e. The standard InChI is InChI=1S/C10H11ClN2O3S/c1-7(6-12)17(14,15)13-9-5-8(11)3-4-10(9)16-2/h3-5,7,13H,1-2H3. The highest BCUT2D eigenvalue weighted by Gasteiger charge is 2.21. The Morgan fingerprint density at radius 1 is 1.53 bits per heavy atom. The van der Waals surface area contributed by atoms with Crippen molar-refractivity contribution >= 4 is 27.3 Å². The summed E-state index contributed by atoms with van der Waals surface area (Å²) in [5.41, 5.74) is 0.210. The van der Waals surface area contributed by atoms with E-state index in [4.69, 9.17) is 21.6 Å². The van der Waals surface area contributed by atoms with E-state index in [1.165, 1.54) is 26.2 Å². The number of hydrogen-bond acceptors (Lipinski definition) is 4. The van der Waals surface area contributed by atoms with E-state index in [2.05, 4.69) is 4.72 Å². The number of anilines is 1. The van der Waals surface area contributed by atoms with Crippen LogP contribution in [0.4, 0.5) is 5.69 Å². The third-order valence-corrected chi connectivity index (χ3v) is 3.84. The highest BCUT2D eigenvalue weighted by atomic mass is 35.5. The van der Waals surface area contributed by atoms with Crippen LogP contribution in [0.5, 0.6) is 5.75 Å². The van der Waals surface area contributed by atoms with E-state index in [9.17, 15) is 8.42 Å². The Bertz CT molecular complexity index is 551. The first-order valence-electron chi connectivity index (χ1n) is 4.65. The van der Waals surface area contributed by atoms with Crippen LogP contribution in [-0.2, 0) is 10.0 Å². The Hall–Kier alpha value is -1.45. The van der Waals surface area contributed by atoms with Gasteiger partial charge in [0.1, 0.15) is 5.75 Å². The Balaban J connectivity index is 3.12. The molecular formula is C10H11ClN2O3S. The molecule has 0 aliphatic heterocycles. The van der Waals surface area contributed by atoms with E-state index >= 15 is 0 Å². The molecule has 7 heteroatoms. The summed E-state index contributed by atoms with van der Waals surface area (Å²) < 4.78 is 30.6. The molecule has 0 spiro atoms. The van der Waals surface area contributed by atoms with Crippen LogP contribution in [0.2, 0.25) is 5.02 Å². The van der Waals surface area contributed by atoms with Crippen LogP contribution < -0.4 is 9.46 Å². The first-order valence-corrected chi connectivity index (χ1v) is 6.58. The van der Waals surface area contributed by atoms with E-state index in [0.717, 1.165) is 0 Å². The minimum absolute atomic E-state index is 0.210. The third kappa shape index (κ3) is 3.25. The summed E-state index contributed by atoms with van der Waals surface area (Å²) in [5.74, 6) is 0.336. The van der Waals surface area contributed by atoms with Gasteiger partial charge in [-0.3, -0.25) is 4.72 Å². The molecule has 1 N–H and O–H groups in total. The van der Waals surface area contributed by atoms with Crippen LogP contribution in [0, 0.1) is 11.3 Å². The van der Waals surface area contributed by atoms with Gasteiger partial charge in [0.25, 0.3) is 0 Å². The van der Waals surface area contributed by atoms with Crippen LogP contribution in [-0.4, -0.2) is 20.8 Å². The van der Waals surface area contributed by atoms with Crippen LogP contribution in [0.1, 0.15) is 6.92 Å². The molecule has 0 saturated heterocycles. The summed E-state index contributed by atoms with van der Waals surface area (Å²) in [6.07, 6.45) is 0. The second kappa shape index (κ2) is 5.25. The lowest BCUT2D eigenvalue weighted by atomic mass is 10.3. The molecule has 0 aromatic heterocycles. The molecule has 1 unspecified atom stereocenters. The molecule has 0 amide bonds. The number of nitrogens with one attached hydrogen (secondary N) is 1. The number of hydrogen-bond donors (Lipinski definition) is 1. The maximum absolute atomic E-state index is 11.7. The Kier molecular flexibility index (Phi) is 4.21. The fraction of sp³-hybridized carbons (Fsp3) is 0.300. The lowest BCUT2D eigenvalue weighted by molar-refractivity contribution is 0.417. The van der Waals surface area contributed by atoms with Gasteiger partial charge in [-0.25, -0.2) is 8.42 Å². The van der Waals surface area contributed by atoms with E-state index in [-0.39, 0.29) is 5.69 Å². The molecule has 1 atom stereocenters. The average Bonchev–Trinajstić information content (AvgIpc) is 2.27. The smallest absolute Gasteiger partial charge is 0.248 e. The zero-order chi connectivity index (χ0) is 13.1. The number of nitriles is 1. The van der Waals surface area contributed by atoms with Crippen molar-refractivity contribution in [3.05, 3.63) is 23.2 Å². The van der Waals surface area contributed by atoms with Crippen molar-refractivity contribution in [2.24, 2.45) is 0 Å². The predicted octanol–water partition coefficient (Wildman–Crippen LogP) is 2.00. The Morgan fingerprint density at radius 3 is 2.71 bits per heavy atom. The van der Waals surface area contributed by atoms with Crippen molar-refractivity contribution in [3.63, 3.8) is 0 Å². The number of rotatable bonds is 4. The maximum atomic E-state index is 11.7. The second-order valence-electron chi connectivity index (χ2n) is 3.26. The minimum Gasteiger partial charge on any atom is -0.495 e. The summed E-state index contributed by atoms with van der Waals surface area (Å²) in [5, 5.41) is 7.81. The van der Waals surface area contributed by atoms with Gasteiger partial charge in [-0.2, -0.15) is 5.26 Å². The van der Waals surface area contributed by atoms with Gasteiger partial charge in [0.05, 0.1) is 18.9 Å². The van der Waals surface area contributed by atoms with E-state index in [1.807, 2.05) is 0 Å². The average molecular weight is 275 g/mol. The molecule has 1 rings (SSSR count). The zero-order valence-corrected chi connectivity index (χ0v) is 10.8. The van der Waals surface area contributed by atoms with Crippen molar-refractivity contribution in [2.45, 2.75) is 12.2 Å². The van der Waals surface area contributed by atoms with E-state index < -0.39 is 15.3 Å². The quantitative estimate of drug-likeness (QED) is 0.911. The van der Waals surface area contributed by atoms with Gasteiger partial charge >= 0.3 is 0 Å². The topological polar surface area (TPSA) is 79.2 Å². The summed E-state index contributed by atoms with van der Waals surface area (Å²) in [6, 6.07) is 6.19.